The van der Waals surface area contributed by atoms with Crippen molar-refractivity contribution in [3.8, 4) is 5.75 Å². The van der Waals surface area contributed by atoms with Gasteiger partial charge in [-0.25, -0.2) is 0 Å². The summed E-state index contributed by atoms with van der Waals surface area (Å²) in [4.78, 5) is 57.6. The lowest BCUT2D eigenvalue weighted by atomic mass is 9.90. The van der Waals surface area contributed by atoms with Crippen LogP contribution >= 0.6 is 0 Å². The Balaban J connectivity index is 1.46. The number of H-pyrrole nitrogens is 1. The van der Waals surface area contributed by atoms with Crippen LogP contribution in [0.25, 0.3) is 10.9 Å². The Morgan fingerprint density at radius 1 is 1.13 bits per heavy atom. The van der Waals surface area contributed by atoms with Crippen molar-refractivity contribution < 1.29 is 23.9 Å². The zero-order valence-corrected chi connectivity index (χ0v) is 21.8. The van der Waals surface area contributed by atoms with Gasteiger partial charge in [-0.1, -0.05) is 37.3 Å². The minimum atomic E-state index is -0.896. The van der Waals surface area contributed by atoms with Gasteiger partial charge in [-0.2, -0.15) is 0 Å². The molecule has 1 aliphatic heterocycles. The number of hydrogen-bond acceptors (Lipinski definition) is 5. The first kappa shape index (κ1) is 25.7. The highest BCUT2D eigenvalue weighted by atomic mass is 16.5. The minimum absolute atomic E-state index is 0.109. The van der Waals surface area contributed by atoms with Crippen molar-refractivity contribution in [1.29, 1.82) is 0 Å². The molecular formula is C30H33N3O5. The summed E-state index contributed by atoms with van der Waals surface area (Å²) in [6, 6.07) is 13.3. The van der Waals surface area contributed by atoms with Gasteiger partial charge in [0.1, 0.15) is 23.3 Å². The van der Waals surface area contributed by atoms with Gasteiger partial charge >= 0.3 is 0 Å². The predicted octanol–water partition coefficient (Wildman–Crippen LogP) is 4.14. The zero-order chi connectivity index (χ0) is 26.8. The Morgan fingerprint density at radius 2 is 1.95 bits per heavy atom. The van der Waals surface area contributed by atoms with Crippen LogP contribution in [0, 0.1) is 5.92 Å². The van der Waals surface area contributed by atoms with Crippen LogP contribution in [0.15, 0.2) is 48.5 Å². The van der Waals surface area contributed by atoms with E-state index in [1.807, 2.05) is 42.5 Å². The number of carbonyl (C=O) groups is 4. The van der Waals surface area contributed by atoms with Crippen molar-refractivity contribution in [2.24, 2.45) is 5.92 Å². The molecule has 2 aliphatic rings. The van der Waals surface area contributed by atoms with Crippen LogP contribution in [0.3, 0.4) is 0 Å². The van der Waals surface area contributed by atoms with E-state index in [0.717, 1.165) is 34.9 Å². The largest absolute Gasteiger partial charge is 0.496 e. The monoisotopic (exact) mass is 515 g/mol. The molecule has 5 rings (SSSR count). The Morgan fingerprint density at radius 3 is 2.68 bits per heavy atom. The maximum atomic E-state index is 13.9. The lowest BCUT2D eigenvalue weighted by Crippen LogP contribution is -2.51. The number of fused-ring (bicyclic) bond motifs is 2. The molecule has 2 N–H and O–H groups in total. The summed E-state index contributed by atoms with van der Waals surface area (Å²) in [7, 11) is 1.58. The summed E-state index contributed by atoms with van der Waals surface area (Å²) in [5, 5.41) is 3.73. The fourth-order valence-electron chi connectivity index (χ4n) is 5.83. The van der Waals surface area contributed by atoms with Gasteiger partial charge in [-0.15, -0.1) is 0 Å². The second-order valence-corrected chi connectivity index (χ2v) is 10.1. The smallest absolute Gasteiger partial charge is 0.271 e. The Kier molecular flexibility index (Phi) is 7.31. The van der Waals surface area contributed by atoms with Crippen LogP contribution in [0.4, 0.5) is 0 Å². The zero-order valence-electron chi connectivity index (χ0n) is 21.8. The first-order valence-electron chi connectivity index (χ1n) is 13.3. The molecule has 0 unspecified atom stereocenters. The van der Waals surface area contributed by atoms with Crippen LogP contribution in [-0.2, 0) is 20.8 Å². The average Bonchev–Trinajstić information content (AvgIpc) is 3.56. The molecule has 2 amide bonds. The van der Waals surface area contributed by atoms with E-state index in [-0.39, 0.29) is 29.8 Å². The highest BCUT2D eigenvalue weighted by Crippen LogP contribution is 2.33. The van der Waals surface area contributed by atoms with Crippen LogP contribution in [0.1, 0.15) is 66.7 Å². The summed E-state index contributed by atoms with van der Waals surface area (Å²) < 4.78 is 5.45. The van der Waals surface area contributed by atoms with Gasteiger partial charge in [-0.05, 0) is 55.0 Å². The van der Waals surface area contributed by atoms with E-state index in [2.05, 4.69) is 10.3 Å². The third kappa shape index (κ3) is 4.83. The number of Topliss-reactive ketones (excluding diaryl/α,β-unsaturated/α-hetero) is 2. The number of nitrogens with one attached hydrogen (secondary N) is 2. The average molecular weight is 516 g/mol. The summed E-state index contributed by atoms with van der Waals surface area (Å²) in [6.45, 7) is 2.11. The molecule has 38 heavy (non-hydrogen) atoms. The van der Waals surface area contributed by atoms with E-state index in [4.69, 9.17) is 4.74 Å². The van der Waals surface area contributed by atoms with Crippen molar-refractivity contribution in [2.75, 3.05) is 13.7 Å². The number of aromatic nitrogens is 1. The molecule has 2 heterocycles. The third-order valence-corrected chi connectivity index (χ3v) is 7.87. The normalized spacial score (nSPS) is 19.7. The molecule has 2 aromatic carbocycles. The van der Waals surface area contributed by atoms with Crippen LogP contribution < -0.4 is 10.1 Å². The molecule has 3 aromatic rings. The van der Waals surface area contributed by atoms with Crippen LogP contribution in [0.2, 0.25) is 0 Å². The number of aromatic amines is 1. The van der Waals surface area contributed by atoms with Crippen molar-refractivity contribution in [2.45, 2.75) is 57.5 Å². The highest BCUT2D eigenvalue weighted by molar-refractivity contribution is 6.02. The van der Waals surface area contributed by atoms with E-state index < -0.39 is 18.0 Å². The molecule has 1 fully saturated rings. The highest BCUT2D eigenvalue weighted by Gasteiger charge is 2.39. The second-order valence-electron chi connectivity index (χ2n) is 10.1. The van der Waals surface area contributed by atoms with Crippen molar-refractivity contribution in [3.05, 3.63) is 65.4 Å². The van der Waals surface area contributed by atoms with Gasteiger partial charge in [0, 0.05) is 36.2 Å². The molecule has 198 valence electrons. The molecule has 3 atom stereocenters. The molecule has 1 aliphatic carbocycles. The number of benzene rings is 2. The Hall–Kier alpha value is -3.94. The van der Waals surface area contributed by atoms with E-state index in [1.165, 1.54) is 0 Å². The Labute approximate surface area is 221 Å². The van der Waals surface area contributed by atoms with Gasteiger partial charge in [-0.3, -0.25) is 19.2 Å². The molecule has 0 spiro atoms. The molecule has 8 heteroatoms. The quantitative estimate of drug-likeness (QED) is 0.469. The van der Waals surface area contributed by atoms with Gasteiger partial charge in [0.05, 0.1) is 13.2 Å². The van der Waals surface area contributed by atoms with Crippen molar-refractivity contribution >= 4 is 34.3 Å². The molecule has 8 nitrogen and oxygen atoms in total. The number of carbonyl (C=O) groups excluding carboxylic acids is 4. The molecule has 1 aromatic heterocycles. The fourth-order valence-corrected chi connectivity index (χ4v) is 5.83. The first-order valence-corrected chi connectivity index (χ1v) is 13.3. The van der Waals surface area contributed by atoms with Crippen LogP contribution in [0.5, 0.6) is 5.75 Å². The van der Waals surface area contributed by atoms with E-state index in [9.17, 15) is 19.2 Å². The molecule has 0 radical (unpaired) electrons. The second kappa shape index (κ2) is 10.8. The fraction of sp³-hybridized carbons (Fsp3) is 0.400. The number of methoxy groups -OCH3 is 1. The lowest BCUT2D eigenvalue weighted by molar-refractivity contribution is -0.132. The molecular weight excluding hydrogens is 482 g/mol. The van der Waals surface area contributed by atoms with E-state index >= 15 is 0 Å². The molecule has 0 saturated heterocycles. The molecule has 0 bridgehead atoms. The maximum absolute atomic E-state index is 13.9. The lowest BCUT2D eigenvalue weighted by Gasteiger charge is -2.37. The summed E-state index contributed by atoms with van der Waals surface area (Å²) in [5.41, 5.74) is 2.87. The topological polar surface area (TPSA) is 109 Å². The van der Waals surface area contributed by atoms with Gasteiger partial charge in [0.15, 0.2) is 5.78 Å². The number of ketones is 2. The van der Waals surface area contributed by atoms with E-state index in [0.29, 0.717) is 37.3 Å². The summed E-state index contributed by atoms with van der Waals surface area (Å²) in [6.07, 6.45) is 3.26. The Bertz CT molecular complexity index is 1390. The van der Waals surface area contributed by atoms with Crippen LogP contribution in [-0.4, -0.2) is 53.0 Å². The minimum Gasteiger partial charge on any atom is -0.496 e. The predicted molar refractivity (Wildman–Crippen MR) is 143 cm³/mol. The number of rotatable bonds is 8. The number of amides is 2. The van der Waals surface area contributed by atoms with Gasteiger partial charge in [0.2, 0.25) is 5.91 Å². The van der Waals surface area contributed by atoms with E-state index in [1.54, 1.807) is 25.0 Å². The number of nitrogens with zero attached hydrogens (tertiary/aromatic N) is 1. The van der Waals surface area contributed by atoms with Gasteiger partial charge < -0.3 is 19.9 Å². The number of hydrogen-bond donors (Lipinski definition) is 2. The third-order valence-electron chi connectivity index (χ3n) is 7.87. The number of ether oxygens (including phenoxy) is 1. The van der Waals surface area contributed by atoms with Crippen molar-refractivity contribution in [1.82, 2.24) is 15.2 Å². The summed E-state index contributed by atoms with van der Waals surface area (Å²) in [5.74, 6) is -0.226. The van der Waals surface area contributed by atoms with Gasteiger partial charge in [0.25, 0.3) is 5.91 Å². The standard InChI is InChI=1S/C30H33N3O5/c1-3-25(34)23(16-19-9-6-12-26(19)35)32-29(36)28-20-10-5-4-8-18(20)14-15-33(28)30(37)24-17-21-22(31-24)11-7-13-27(21)38-2/h4-5,7-8,10-11,13,17,19,23,28,31H,3,6,9,12,14-16H2,1-2H3,(H,32,36)/t19-,23-,28-/m0/s1. The summed E-state index contributed by atoms with van der Waals surface area (Å²) >= 11 is 0. The van der Waals surface area contributed by atoms with Crippen molar-refractivity contribution in [3.63, 3.8) is 0 Å². The first-order chi connectivity index (χ1) is 18.4. The maximum Gasteiger partial charge on any atom is 0.271 e. The SMILES string of the molecule is CCC(=O)[C@H](C[C@@H]1CCCC1=O)NC(=O)[C@@H]1c2ccccc2CCN1C(=O)c1cc2c(OC)cccc2[nH]1. The molecule has 1 saturated carbocycles.